The van der Waals surface area contributed by atoms with Gasteiger partial charge in [0.25, 0.3) is 0 Å². The van der Waals surface area contributed by atoms with E-state index in [2.05, 4.69) is 63.3 Å². The van der Waals surface area contributed by atoms with Crippen LogP contribution in [0, 0.1) is 5.92 Å². The zero-order valence-corrected chi connectivity index (χ0v) is 12.1. The highest BCUT2D eigenvalue weighted by molar-refractivity contribution is 5.19. The van der Waals surface area contributed by atoms with E-state index < -0.39 is 0 Å². The molecule has 0 saturated carbocycles. The topological polar surface area (TPSA) is 21.3 Å². The summed E-state index contributed by atoms with van der Waals surface area (Å²) in [5.74, 6) is 0.549. The number of rotatable bonds is 8. The molecule has 0 amide bonds. The summed E-state index contributed by atoms with van der Waals surface area (Å²) in [5.41, 5.74) is 1.27. The largest absolute Gasteiger partial charge is 0.372 e. The fraction of sp³-hybridized carbons (Fsp3) is 0.625. The number of ether oxygens (including phenoxy) is 1. The van der Waals surface area contributed by atoms with Crippen molar-refractivity contribution in [3.05, 3.63) is 35.9 Å². The summed E-state index contributed by atoms with van der Waals surface area (Å²) in [6, 6.07) is 10.9. The first kappa shape index (κ1) is 15.2. The Morgan fingerprint density at radius 1 is 1.11 bits per heavy atom. The Morgan fingerprint density at radius 2 is 1.78 bits per heavy atom. The van der Waals surface area contributed by atoms with E-state index in [0.29, 0.717) is 12.0 Å². The van der Waals surface area contributed by atoms with Crippen LogP contribution in [0.2, 0.25) is 0 Å². The van der Waals surface area contributed by atoms with Crippen LogP contribution in [-0.4, -0.2) is 19.2 Å². The van der Waals surface area contributed by atoms with Gasteiger partial charge in [-0.15, -0.1) is 0 Å². The highest BCUT2D eigenvalue weighted by atomic mass is 16.5. The first-order valence-electron chi connectivity index (χ1n) is 7.10. The molecule has 102 valence electrons. The van der Waals surface area contributed by atoms with E-state index >= 15 is 0 Å². The van der Waals surface area contributed by atoms with Crippen LogP contribution in [-0.2, 0) is 4.74 Å². The van der Waals surface area contributed by atoms with Gasteiger partial charge in [-0.2, -0.15) is 0 Å². The number of hydrogen-bond acceptors (Lipinski definition) is 2. The molecule has 0 heterocycles. The summed E-state index contributed by atoms with van der Waals surface area (Å²) in [7, 11) is 0. The van der Waals surface area contributed by atoms with E-state index in [9.17, 15) is 0 Å². The summed E-state index contributed by atoms with van der Waals surface area (Å²) in [6.45, 7) is 10.6. The van der Waals surface area contributed by atoms with Crippen LogP contribution < -0.4 is 5.32 Å². The molecule has 0 aromatic heterocycles. The zero-order valence-electron chi connectivity index (χ0n) is 12.1. The van der Waals surface area contributed by atoms with Crippen LogP contribution in [0.15, 0.2) is 30.3 Å². The van der Waals surface area contributed by atoms with E-state index in [0.717, 1.165) is 19.6 Å². The van der Waals surface area contributed by atoms with Gasteiger partial charge < -0.3 is 10.1 Å². The fourth-order valence-electron chi connectivity index (χ4n) is 2.23. The molecule has 0 fully saturated rings. The van der Waals surface area contributed by atoms with Crippen LogP contribution in [0.1, 0.15) is 45.8 Å². The first-order chi connectivity index (χ1) is 8.70. The lowest BCUT2D eigenvalue weighted by atomic mass is 9.93. The lowest BCUT2D eigenvalue weighted by Crippen LogP contribution is -2.40. The molecule has 0 aliphatic carbocycles. The van der Waals surface area contributed by atoms with E-state index in [4.69, 9.17) is 4.74 Å². The molecule has 1 N–H and O–H groups in total. The molecule has 0 spiro atoms. The number of hydrogen-bond donors (Lipinski definition) is 1. The Kier molecular flexibility index (Phi) is 6.99. The zero-order chi connectivity index (χ0) is 13.4. The molecule has 0 aliphatic rings. The Morgan fingerprint density at radius 3 is 2.28 bits per heavy atom. The summed E-state index contributed by atoms with van der Waals surface area (Å²) >= 11 is 0. The average molecular weight is 249 g/mol. The third-order valence-electron chi connectivity index (χ3n) is 3.15. The van der Waals surface area contributed by atoms with Crippen LogP contribution >= 0.6 is 0 Å². The first-order valence-corrected chi connectivity index (χ1v) is 7.10. The molecule has 2 nitrogen and oxygen atoms in total. The van der Waals surface area contributed by atoms with Crippen molar-refractivity contribution in [1.82, 2.24) is 5.32 Å². The van der Waals surface area contributed by atoms with Gasteiger partial charge in [-0.25, -0.2) is 0 Å². The lowest BCUT2D eigenvalue weighted by molar-refractivity contribution is 0.0204. The third-order valence-corrected chi connectivity index (χ3v) is 3.15. The van der Waals surface area contributed by atoms with Crippen molar-refractivity contribution in [3.8, 4) is 0 Å². The minimum Gasteiger partial charge on any atom is -0.372 e. The molecule has 1 aromatic rings. The third kappa shape index (κ3) is 4.43. The van der Waals surface area contributed by atoms with Crippen molar-refractivity contribution in [3.63, 3.8) is 0 Å². The molecule has 1 rings (SSSR count). The SMILES string of the molecule is CCCNC(C(C)C)C(OCC)c1ccccc1. The minimum atomic E-state index is 0.141. The van der Waals surface area contributed by atoms with Crippen molar-refractivity contribution in [1.29, 1.82) is 0 Å². The Labute approximate surface area is 112 Å². The molecule has 0 radical (unpaired) electrons. The van der Waals surface area contributed by atoms with Crippen molar-refractivity contribution in [2.45, 2.75) is 46.3 Å². The average Bonchev–Trinajstić information content (AvgIpc) is 2.38. The maximum atomic E-state index is 5.99. The second-order valence-corrected chi connectivity index (χ2v) is 5.01. The van der Waals surface area contributed by atoms with E-state index in [1.54, 1.807) is 0 Å². The van der Waals surface area contributed by atoms with Gasteiger partial charge in [0.1, 0.15) is 0 Å². The molecule has 0 aliphatic heterocycles. The van der Waals surface area contributed by atoms with Crippen LogP contribution in [0.4, 0.5) is 0 Å². The predicted octanol–water partition coefficient (Wildman–Crippen LogP) is 3.79. The van der Waals surface area contributed by atoms with Crippen molar-refractivity contribution < 1.29 is 4.74 Å². The van der Waals surface area contributed by atoms with E-state index in [1.807, 2.05) is 0 Å². The van der Waals surface area contributed by atoms with Gasteiger partial charge in [0.15, 0.2) is 0 Å². The highest BCUT2D eigenvalue weighted by Gasteiger charge is 2.25. The molecule has 2 heteroatoms. The molecule has 2 unspecified atom stereocenters. The van der Waals surface area contributed by atoms with Gasteiger partial charge in [0.05, 0.1) is 6.10 Å². The van der Waals surface area contributed by atoms with Crippen LogP contribution in [0.25, 0.3) is 0 Å². The van der Waals surface area contributed by atoms with Crippen LogP contribution in [0.3, 0.4) is 0 Å². The molecular formula is C16H27NO. The minimum absolute atomic E-state index is 0.141. The van der Waals surface area contributed by atoms with Gasteiger partial charge in [-0.3, -0.25) is 0 Å². The standard InChI is InChI=1S/C16H27NO/c1-5-12-17-15(13(3)4)16(18-6-2)14-10-8-7-9-11-14/h7-11,13,15-17H,5-6,12H2,1-4H3. The second-order valence-electron chi connectivity index (χ2n) is 5.01. The molecule has 0 bridgehead atoms. The summed E-state index contributed by atoms with van der Waals surface area (Å²) < 4.78 is 5.99. The van der Waals surface area contributed by atoms with Crippen molar-refractivity contribution in [2.75, 3.05) is 13.2 Å². The Hall–Kier alpha value is -0.860. The number of nitrogens with one attached hydrogen (secondary N) is 1. The predicted molar refractivity (Wildman–Crippen MR) is 77.7 cm³/mol. The molecule has 0 saturated heterocycles. The van der Waals surface area contributed by atoms with Gasteiger partial charge >= 0.3 is 0 Å². The maximum absolute atomic E-state index is 5.99. The highest BCUT2D eigenvalue weighted by Crippen LogP contribution is 2.25. The summed E-state index contributed by atoms with van der Waals surface area (Å²) in [6.07, 6.45) is 1.29. The van der Waals surface area contributed by atoms with Gasteiger partial charge in [-0.05, 0) is 31.4 Å². The van der Waals surface area contributed by atoms with E-state index in [-0.39, 0.29) is 6.10 Å². The smallest absolute Gasteiger partial charge is 0.0980 e. The molecule has 1 aromatic carbocycles. The second kappa shape index (κ2) is 8.28. The molecular weight excluding hydrogens is 222 g/mol. The van der Waals surface area contributed by atoms with Gasteiger partial charge in [0, 0.05) is 12.6 Å². The Balaban J connectivity index is 2.86. The van der Waals surface area contributed by atoms with Crippen molar-refractivity contribution >= 4 is 0 Å². The normalized spacial score (nSPS) is 14.7. The molecule has 2 atom stereocenters. The maximum Gasteiger partial charge on any atom is 0.0980 e. The van der Waals surface area contributed by atoms with Gasteiger partial charge in [-0.1, -0.05) is 51.1 Å². The lowest BCUT2D eigenvalue weighted by Gasteiger charge is -2.31. The summed E-state index contributed by atoms with van der Waals surface area (Å²) in [5, 5.41) is 3.63. The monoisotopic (exact) mass is 249 g/mol. The Bertz CT molecular complexity index is 310. The van der Waals surface area contributed by atoms with E-state index in [1.165, 1.54) is 5.56 Å². The fourth-order valence-corrected chi connectivity index (χ4v) is 2.23. The van der Waals surface area contributed by atoms with Crippen LogP contribution in [0.5, 0.6) is 0 Å². The number of benzene rings is 1. The summed E-state index contributed by atoms with van der Waals surface area (Å²) in [4.78, 5) is 0. The van der Waals surface area contributed by atoms with Crippen molar-refractivity contribution in [2.24, 2.45) is 5.92 Å². The molecule has 18 heavy (non-hydrogen) atoms. The van der Waals surface area contributed by atoms with Gasteiger partial charge in [0.2, 0.25) is 0 Å². The quantitative estimate of drug-likeness (QED) is 0.757.